The van der Waals surface area contributed by atoms with Crippen LogP contribution in [0.15, 0.2) is 179 Å². The summed E-state index contributed by atoms with van der Waals surface area (Å²) in [6.07, 6.45) is -5.77. The van der Waals surface area contributed by atoms with Crippen LogP contribution >= 0.6 is 28.1 Å². The molecule has 9 rings (SSSR count). The van der Waals surface area contributed by atoms with E-state index in [1.165, 1.54) is 23.4 Å². The average molecular weight is 991 g/mol. The van der Waals surface area contributed by atoms with E-state index in [1.54, 1.807) is 127 Å². The minimum absolute atomic E-state index is 0.0216. The zero-order valence-corrected chi connectivity index (χ0v) is 38.8. The van der Waals surface area contributed by atoms with Gasteiger partial charge in [-0.3, -0.25) is 9.36 Å². The highest BCUT2D eigenvalue weighted by Crippen LogP contribution is 2.41. The third kappa shape index (κ3) is 9.06. The van der Waals surface area contributed by atoms with Gasteiger partial charge in [0, 0.05) is 21.2 Å². The molecule has 340 valence electrons. The highest BCUT2D eigenvalue weighted by Gasteiger charge is 2.52. The summed E-state index contributed by atoms with van der Waals surface area (Å²) in [5.41, 5.74) is 2.44. The van der Waals surface area contributed by atoms with E-state index < -0.39 is 54.6 Å². The molecule has 0 amide bonds. The van der Waals surface area contributed by atoms with Crippen LogP contribution in [0.1, 0.15) is 37.3 Å². The maximum atomic E-state index is 15.5. The Kier molecular flexibility index (Phi) is 13.4. The number of hydrogen-bond donors (Lipinski definition) is 0. The molecule has 6 aromatic carbocycles. The predicted octanol–water partition coefficient (Wildman–Crippen LogP) is 10.2. The Hall–Kier alpha value is -7.72. The third-order valence-corrected chi connectivity index (χ3v) is 12.2. The lowest BCUT2D eigenvalue weighted by Gasteiger charge is -2.27. The monoisotopic (exact) mass is 989 g/mol. The predicted molar refractivity (Wildman–Crippen MR) is 260 cm³/mol. The van der Waals surface area contributed by atoms with E-state index in [0.29, 0.717) is 33.9 Å². The molecule has 4 atom stereocenters. The van der Waals surface area contributed by atoms with Crippen LogP contribution in [0.2, 0.25) is 0 Å². The molecule has 8 aromatic rings. The second-order valence-corrected chi connectivity index (χ2v) is 16.7. The number of esters is 3. The van der Waals surface area contributed by atoms with Gasteiger partial charge in [0.25, 0.3) is 5.56 Å². The Labute approximate surface area is 403 Å². The van der Waals surface area contributed by atoms with Crippen LogP contribution in [0.3, 0.4) is 0 Å². The fraction of sp³-hybridized carbons (Fsp3) is 0.132. The third-order valence-electron chi connectivity index (χ3n) is 11.3. The van der Waals surface area contributed by atoms with E-state index in [2.05, 4.69) is 15.9 Å². The quantitative estimate of drug-likeness (QED) is 0.0615. The first kappa shape index (κ1) is 45.4. The number of nitrogens with zero attached hydrogens (tertiary/aromatic N) is 3. The van der Waals surface area contributed by atoms with Gasteiger partial charge >= 0.3 is 17.9 Å². The molecule has 1 aliphatic rings. The van der Waals surface area contributed by atoms with Gasteiger partial charge in [0.15, 0.2) is 28.9 Å². The van der Waals surface area contributed by atoms with Gasteiger partial charge in [-0.05, 0) is 85.0 Å². The molecule has 15 heteroatoms. The molecule has 1 aliphatic heterocycles. The van der Waals surface area contributed by atoms with Crippen molar-refractivity contribution in [1.82, 2.24) is 14.1 Å². The van der Waals surface area contributed by atoms with E-state index in [9.17, 15) is 14.4 Å². The number of para-hydroxylation sites is 3. The SMILES string of the molecule is COc1ccccc1-c1cc(-c2ccc(Br)cc2)nc2c1c(=O)n(-c1ccccc1OC)c(=S)n2[C@@H]1O[C@H](COC(=O)c2ccccc2)[C@@H](OC(=O)c2ccccc2)[C@@H]1OC(=O)c1ccccc1. The Bertz CT molecular complexity index is 3280. The standard InChI is InChI=1S/C53H40BrN3O10S/c1-62-41-24-14-12-22-37(41)38-30-39(32-26-28-36(54)29-27-32)55-47-44(38)48(58)56(40-23-13-15-25-42(40)63-2)53(68)57(47)49-46(67-52(61)35-20-10-5-11-21-35)45(66-51(60)34-18-8-4-9-19-34)43(65-49)31-64-50(59)33-16-6-3-7-17-33/h3-30,43,45-46,49H,31H2,1-2H3/t43-,45-,46+,49-/m1/s1. The van der Waals surface area contributed by atoms with Gasteiger partial charge in [0.05, 0.1) is 47.7 Å². The molecule has 0 bridgehead atoms. The van der Waals surface area contributed by atoms with Gasteiger partial charge in [-0.15, -0.1) is 0 Å². The van der Waals surface area contributed by atoms with E-state index in [1.807, 2.05) is 42.5 Å². The average Bonchev–Trinajstić information content (AvgIpc) is 3.70. The zero-order valence-electron chi connectivity index (χ0n) is 36.4. The fourth-order valence-electron chi connectivity index (χ4n) is 8.08. The van der Waals surface area contributed by atoms with E-state index >= 15 is 4.79 Å². The van der Waals surface area contributed by atoms with Crippen LogP contribution in [0.4, 0.5) is 0 Å². The highest BCUT2D eigenvalue weighted by atomic mass is 79.9. The molecular weight excluding hydrogens is 951 g/mol. The maximum Gasteiger partial charge on any atom is 0.338 e. The van der Waals surface area contributed by atoms with Gasteiger partial charge in [-0.2, -0.15) is 0 Å². The number of carbonyl (C=O) groups excluding carboxylic acids is 3. The second kappa shape index (κ2) is 20.0. The summed E-state index contributed by atoms with van der Waals surface area (Å²) in [5.74, 6) is -1.48. The van der Waals surface area contributed by atoms with Gasteiger partial charge in [-0.25, -0.2) is 23.9 Å². The Morgan fingerprint density at radius 3 is 1.78 bits per heavy atom. The number of ether oxygens (including phenoxy) is 6. The summed E-state index contributed by atoms with van der Waals surface area (Å²) < 4.78 is 40.6. The first-order chi connectivity index (χ1) is 33.1. The number of benzene rings is 6. The van der Waals surface area contributed by atoms with Gasteiger partial charge < -0.3 is 28.4 Å². The molecule has 68 heavy (non-hydrogen) atoms. The van der Waals surface area contributed by atoms with Crippen molar-refractivity contribution >= 4 is 57.1 Å². The number of aromatic nitrogens is 3. The van der Waals surface area contributed by atoms with Crippen LogP contribution < -0.4 is 15.0 Å². The lowest BCUT2D eigenvalue weighted by molar-refractivity contribution is -0.0617. The van der Waals surface area contributed by atoms with Crippen LogP contribution in [-0.2, 0) is 18.9 Å². The van der Waals surface area contributed by atoms with Crippen LogP contribution in [-0.4, -0.2) is 71.2 Å². The van der Waals surface area contributed by atoms with E-state index in [-0.39, 0.29) is 38.2 Å². The lowest BCUT2D eigenvalue weighted by atomic mass is 9.99. The molecule has 3 heterocycles. The number of hydrogen-bond acceptors (Lipinski definition) is 12. The molecule has 0 spiro atoms. The normalized spacial score (nSPS) is 16.5. The zero-order chi connectivity index (χ0) is 47.3. The molecule has 0 aliphatic carbocycles. The lowest BCUT2D eigenvalue weighted by Crippen LogP contribution is -2.42. The van der Waals surface area contributed by atoms with Gasteiger partial charge in [-0.1, -0.05) is 113 Å². The molecule has 0 N–H and O–H groups in total. The van der Waals surface area contributed by atoms with Crippen molar-refractivity contribution in [3.63, 3.8) is 0 Å². The van der Waals surface area contributed by atoms with Gasteiger partial charge in [0.1, 0.15) is 24.2 Å². The maximum absolute atomic E-state index is 15.5. The van der Waals surface area contributed by atoms with Crippen molar-refractivity contribution in [3.8, 4) is 39.6 Å². The van der Waals surface area contributed by atoms with Crippen molar-refractivity contribution < 1.29 is 42.8 Å². The smallest absolute Gasteiger partial charge is 0.338 e. The Balaban J connectivity index is 1.34. The molecule has 1 fully saturated rings. The molecule has 0 radical (unpaired) electrons. The minimum Gasteiger partial charge on any atom is -0.496 e. The Morgan fingerprint density at radius 2 is 1.18 bits per heavy atom. The molecule has 0 saturated carbocycles. The Morgan fingerprint density at radius 1 is 0.647 bits per heavy atom. The molecule has 0 unspecified atom stereocenters. The summed E-state index contributed by atoms with van der Waals surface area (Å²) in [6.45, 7) is -0.474. The largest absolute Gasteiger partial charge is 0.496 e. The van der Waals surface area contributed by atoms with Gasteiger partial charge in [0.2, 0.25) is 0 Å². The van der Waals surface area contributed by atoms with Crippen molar-refractivity contribution in [2.24, 2.45) is 0 Å². The van der Waals surface area contributed by atoms with Crippen LogP contribution in [0.5, 0.6) is 11.5 Å². The second-order valence-electron chi connectivity index (χ2n) is 15.4. The van der Waals surface area contributed by atoms with Crippen molar-refractivity contribution in [2.75, 3.05) is 20.8 Å². The molecule has 13 nitrogen and oxygen atoms in total. The van der Waals surface area contributed by atoms with Crippen molar-refractivity contribution in [2.45, 2.75) is 24.5 Å². The summed E-state index contributed by atoms with van der Waals surface area (Å²) in [5, 5.41) is 0.0726. The highest BCUT2D eigenvalue weighted by molar-refractivity contribution is 9.10. The molecule has 1 saturated heterocycles. The molecule has 2 aromatic heterocycles. The van der Waals surface area contributed by atoms with Crippen molar-refractivity contribution in [1.29, 1.82) is 0 Å². The van der Waals surface area contributed by atoms with Crippen LogP contribution in [0.25, 0.3) is 39.1 Å². The summed E-state index contributed by atoms with van der Waals surface area (Å²) >= 11 is 9.91. The minimum atomic E-state index is -1.53. The van der Waals surface area contributed by atoms with Crippen LogP contribution in [0, 0.1) is 4.77 Å². The number of methoxy groups -OCH3 is 2. The fourth-order valence-corrected chi connectivity index (χ4v) is 8.72. The number of rotatable bonds is 13. The van der Waals surface area contributed by atoms with E-state index in [0.717, 1.165) is 4.47 Å². The first-order valence-corrected chi connectivity index (χ1v) is 22.5. The summed E-state index contributed by atoms with van der Waals surface area (Å²) in [6, 6.07) is 48.2. The topological polar surface area (TPSA) is 146 Å². The van der Waals surface area contributed by atoms with E-state index in [4.69, 9.17) is 45.6 Å². The first-order valence-electron chi connectivity index (χ1n) is 21.3. The molecular formula is C53H40BrN3O10S. The number of pyridine rings is 1. The summed E-state index contributed by atoms with van der Waals surface area (Å²) in [7, 11) is 3.01. The number of carbonyl (C=O) groups is 3. The van der Waals surface area contributed by atoms with Crippen molar-refractivity contribution in [3.05, 3.63) is 206 Å². The summed E-state index contributed by atoms with van der Waals surface area (Å²) in [4.78, 5) is 62.7. The number of halogens is 1. The number of fused-ring (bicyclic) bond motifs is 1.